The largest absolute Gasteiger partial charge is 0.369 e. The van der Waals surface area contributed by atoms with Crippen LogP contribution in [0.5, 0.6) is 0 Å². The van der Waals surface area contributed by atoms with Crippen molar-refractivity contribution >= 4 is 78.8 Å². The molecule has 1 N–H and O–H groups in total. The summed E-state index contributed by atoms with van der Waals surface area (Å²) in [5.41, 5.74) is 5.15. The second kappa shape index (κ2) is 26.3. The van der Waals surface area contributed by atoms with Crippen molar-refractivity contribution in [2.75, 3.05) is 39.4 Å². The number of hydrogen-bond acceptors (Lipinski definition) is 6. The number of piperidine rings is 2. The standard InChI is InChI=1S/C27H28Cl3NO2.C25H24Cl3NO2.CH5P/c1-2-31-15-14-27(22-9-11-23(28)12-10-22,33-19-20-6-4-3-5-7-20)26(17-31)32-18-21-8-13-24(29)25(30)16-21;26-21-9-7-20(8-10-21)25(31-17-18-4-2-1-3-5-18)12-13-29-15-24(25)30-16-19-6-11-22(27)23(28)14-19;1-2/h3-13,16,26H,2,14-15,17-19H2,1H3;1-11,14,24,29H,12-13,15-17H2;2H2,1H3/t26-,27-;24-,25-;/m11./s1. The van der Waals surface area contributed by atoms with Crippen molar-refractivity contribution in [3.63, 3.8) is 0 Å². The van der Waals surface area contributed by atoms with Crippen molar-refractivity contribution in [2.24, 2.45) is 0 Å². The molecule has 6 aromatic rings. The van der Waals surface area contributed by atoms with Gasteiger partial charge >= 0.3 is 0 Å². The fraction of sp³-hybridized carbons (Fsp3) is 0.321. The number of likely N-dealkylation sites (N-methyl/N-ethyl adjacent to an activating group) is 1. The quantitative estimate of drug-likeness (QED) is 0.103. The Balaban J connectivity index is 0.000000211. The molecule has 2 aliphatic rings. The Kier molecular flexibility index (Phi) is 21.0. The number of likely N-dealkylation sites (tertiary alicyclic amines) is 1. The van der Waals surface area contributed by atoms with E-state index in [0.29, 0.717) is 63.1 Å². The first-order chi connectivity index (χ1) is 32.1. The van der Waals surface area contributed by atoms with E-state index in [1.165, 1.54) is 0 Å². The van der Waals surface area contributed by atoms with Crippen LogP contribution in [0.3, 0.4) is 0 Å². The summed E-state index contributed by atoms with van der Waals surface area (Å²) in [5, 5.41) is 6.97. The van der Waals surface area contributed by atoms with Gasteiger partial charge in [-0.25, -0.2) is 0 Å². The van der Waals surface area contributed by atoms with Crippen molar-refractivity contribution in [2.45, 2.75) is 69.6 Å². The third-order valence-electron chi connectivity index (χ3n) is 11.9. The van der Waals surface area contributed by atoms with Gasteiger partial charge in [-0.1, -0.05) is 180 Å². The smallest absolute Gasteiger partial charge is 0.122 e. The van der Waals surface area contributed by atoms with Gasteiger partial charge in [-0.3, -0.25) is 0 Å². The van der Waals surface area contributed by atoms with Crippen LogP contribution in [0.1, 0.15) is 53.1 Å². The highest BCUT2D eigenvalue weighted by molar-refractivity contribution is 7.15. The molecular formula is C53H57Cl6N2O4P. The molecule has 0 saturated carbocycles. The van der Waals surface area contributed by atoms with E-state index in [0.717, 1.165) is 72.4 Å². The molecule has 6 nitrogen and oxygen atoms in total. The second-order valence-corrected chi connectivity index (χ2v) is 18.5. The number of nitrogens with one attached hydrogen (secondary N) is 1. The van der Waals surface area contributed by atoms with Crippen LogP contribution in [0.15, 0.2) is 146 Å². The molecule has 2 aliphatic heterocycles. The Morgan fingerprint density at radius 3 is 1.44 bits per heavy atom. The monoisotopic (exact) mass is 1030 g/mol. The number of nitrogens with zero attached hydrogens (tertiary/aromatic N) is 1. The van der Waals surface area contributed by atoms with E-state index in [1.807, 2.05) is 104 Å². The third kappa shape index (κ3) is 14.2. The summed E-state index contributed by atoms with van der Waals surface area (Å²) >= 11 is 36.9. The number of halogens is 6. The predicted octanol–water partition coefficient (Wildman–Crippen LogP) is 14.5. The van der Waals surface area contributed by atoms with E-state index in [2.05, 4.69) is 62.8 Å². The Hall–Kier alpha value is -2.75. The van der Waals surface area contributed by atoms with E-state index < -0.39 is 11.2 Å². The Morgan fingerprint density at radius 2 is 0.985 bits per heavy atom. The first kappa shape index (κ1) is 52.6. The van der Waals surface area contributed by atoms with E-state index in [4.69, 9.17) is 88.6 Å². The van der Waals surface area contributed by atoms with Crippen LogP contribution in [-0.4, -0.2) is 56.5 Å². The second-order valence-electron chi connectivity index (χ2n) is 16.0. The summed E-state index contributed by atoms with van der Waals surface area (Å²) in [6, 6.07) is 47.5. The highest BCUT2D eigenvalue weighted by Crippen LogP contribution is 2.42. The molecular weight excluding hydrogens is 972 g/mol. The molecule has 2 fully saturated rings. The summed E-state index contributed by atoms with van der Waals surface area (Å²) in [5.74, 6) is 0. The highest BCUT2D eigenvalue weighted by Gasteiger charge is 2.47. The maximum absolute atomic E-state index is 6.78. The predicted molar refractivity (Wildman–Crippen MR) is 279 cm³/mol. The summed E-state index contributed by atoms with van der Waals surface area (Å²) in [6.07, 6.45) is 1.24. The molecule has 0 aliphatic carbocycles. The molecule has 0 radical (unpaired) electrons. The van der Waals surface area contributed by atoms with Gasteiger partial charge in [0.25, 0.3) is 0 Å². The molecule has 1 unspecified atom stereocenters. The zero-order valence-corrected chi connectivity index (χ0v) is 42.9. The van der Waals surface area contributed by atoms with E-state index in [9.17, 15) is 0 Å². The van der Waals surface area contributed by atoms with Crippen LogP contribution >= 0.6 is 78.8 Å². The van der Waals surface area contributed by atoms with Crippen LogP contribution < -0.4 is 5.32 Å². The molecule has 0 aromatic heterocycles. The lowest BCUT2D eigenvalue weighted by atomic mass is 9.81. The number of rotatable bonds is 15. The van der Waals surface area contributed by atoms with Crippen LogP contribution in [0, 0.1) is 0 Å². The van der Waals surface area contributed by atoms with E-state index in [1.54, 1.807) is 12.1 Å². The van der Waals surface area contributed by atoms with Gasteiger partial charge in [-0.15, -0.1) is 9.24 Å². The topological polar surface area (TPSA) is 52.2 Å². The molecule has 0 amide bonds. The van der Waals surface area contributed by atoms with Crippen molar-refractivity contribution in [3.05, 3.63) is 209 Å². The normalized spacial score (nSPS) is 20.7. The minimum absolute atomic E-state index is 0.175. The highest BCUT2D eigenvalue weighted by atomic mass is 35.5. The summed E-state index contributed by atoms with van der Waals surface area (Å²) < 4.78 is 26.5. The van der Waals surface area contributed by atoms with Crippen molar-refractivity contribution in [3.8, 4) is 0 Å². The molecule has 66 heavy (non-hydrogen) atoms. The zero-order valence-electron chi connectivity index (χ0n) is 37.2. The Labute approximate surface area is 423 Å². The first-order valence-electron chi connectivity index (χ1n) is 22.1. The zero-order chi connectivity index (χ0) is 46.9. The van der Waals surface area contributed by atoms with Gasteiger partial charge in [0.05, 0.1) is 46.5 Å². The number of hydrogen-bond donors (Lipinski definition) is 1. The average Bonchev–Trinajstić information content (AvgIpc) is 3.35. The van der Waals surface area contributed by atoms with Gasteiger partial charge in [0.15, 0.2) is 0 Å². The van der Waals surface area contributed by atoms with Crippen molar-refractivity contribution in [1.29, 1.82) is 0 Å². The molecule has 6 aromatic carbocycles. The minimum Gasteiger partial charge on any atom is -0.369 e. The molecule has 13 heteroatoms. The lowest BCUT2D eigenvalue weighted by Gasteiger charge is -2.47. The average molecular weight is 1030 g/mol. The van der Waals surface area contributed by atoms with Gasteiger partial charge in [0, 0.05) is 29.7 Å². The van der Waals surface area contributed by atoms with Gasteiger partial charge < -0.3 is 29.2 Å². The maximum Gasteiger partial charge on any atom is 0.122 e. The van der Waals surface area contributed by atoms with Crippen LogP contribution in [0.2, 0.25) is 30.1 Å². The SMILES string of the molecule is CCN1CC[C@@](OCc2ccccc2)(c2ccc(Cl)cc2)[C@H](OCc2ccc(Cl)c(Cl)c2)C1.CP.Clc1ccc([C@]2(OCc3ccccc3)CCNC[C@H]2OCc2ccc(Cl)c(Cl)c2)cc1. The molecule has 0 bridgehead atoms. The summed E-state index contributed by atoms with van der Waals surface area (Å²) in [7, 11) is 2.42. The fourth-order valence-electron chi connectivity index (χ4n) is 8.31. The van der Waals surface area contributed by atoms with Gasteiger partial charge in [0.1, 0.15) is 23.4 Å². The summed E-state index contributed by atoms with van der Waals surface area (Å²) in [6.45, 7) is 10.1. The minimum atomic E-state index is -0.595. The molecule has 0 spiro atoms. The third-order valence-corrected chi connectivity index (χ3v) is 13.9. The summed E-state index contributed by atoms with van der Waals surface area (Å²) in [4.78, 5) is 2.40. The molecule has 2 heterocycles. The van der Waals surface area contributed by atoms with Crippen molar-refractivity contribution < 1.29 is 18.9 Å². The lowest BCUT2D eigenvalue weighted by molar-refractivity contribution is -0.193. The first-order valence-corrected chi connectivity index (χ1v) is 25.5. The maximum atomic E-state index is 6.78. The van der Waals surface area contributed by atoms with Crippen LogP contribution in [-0.2, 0) is 56.6 Å². The van der Waals surface area contributed by atoms with Gasteiger partial charge in [-0.2, -0.15) is 0 Å². The molecule has 8 rings (SSSR count). The van der Waals surface area contributed by atoms with Crippen LogP contribution in [0.4, 0.5) is 0 Å². The van der Waals surface area contributed by atoms with Gasteiger partial charge in [-0.05, 0) is 108 Å². The van der Waals surface area contributed by atoms with Crippen LogP contribution in [0.25, 0.3) is 0 Å². The fourth-order valence-corrected chi connectivity index (χ4v) is 9.20. The molecule has 2 saturated heterocycles. The lowest BCUT2D eigenvalue weighted by Crippen LogP contribution is -2.55. The number of ether oxygens (including phenoxy) is 4. The van der Waals surface area contributed by atoms with Crippen molar-refractivity contribution in [1.82, 2.24) is 10.2 Å². The van der Waals surface area contributed by atoms with E-state index >= 15 is 0 Å². The Morgan fingerprint density at radius 1 is 0.530 bits per heavy atom. The molecule has 5 atom stereocenters. The Bertz CT molecular complexity index is 2390. The number of benzene rings is 6. The van der Waals surface area contributed by atoms with Gasteiger partial charge in [0.2, 0.25) is 0 Å². The molecule has 350 valence electrons. The van der Waals surface area contributed by atoms with E-state index in [-0.39, 0.29) is 12.2 Å².